The molecule has 3 heteroatoms. The quantitative estimate of drug-likeness (QED) is 0.241. The Morgan fingerprint density at radius 1 is 1.15 bits per heavy atom. The summed E-state index contributed by atoms with van der Waals surface area (Å²) >= 11 is 0. The number of unbranched alkanes of at least 4 members (excludes halogenated alkanes) is 1. The summed E-state index contributed by atoms with van der Waals surface area (Å²) in [4.78, 5) is 15.4. The Kier molecular flexibility index (Phi) is 10.4. The molecule has 0 aliphatic heterocycles. The topological polar surface area (TPSA) is 29.4 Å². The summed E-state index contributed by atoms with van der Waals surface area (Å²) in [7, 11) is 0.205. The van der Waals surface area contributed by atoms with Gasteiger partial charge in [-0.1, -0.05) is 32.8 Å². The van der Waals surface area contributed by atoms with Gasteiger partial charge in [0.05, 0.1) is 0 Å². The fourth-order valence-electron chi connectivity index (χ4n) is 1.78. The molecule has 0 heterocycles. The van der Waals surface area contributed by atoms with Gasteiger partial charge in [0.1, 0.15) is 8.07 Å². The van der Waals surface area contributed by atoms with Crippen LogP contribution in [0.4, 0.5) is 0 Å². The molecule has 0 N–H and O–H groups in total. The fourth-order valence-corrected chi connectivity index (χ4v) is 4.19. The van der Waals surface area contributed by atoms with E-state index in [-0.39, 0.29) is 5.78 Å². The number of nitrogens with zero attached hydrogens (tertiary/aromatic N) is 1. The van der Waals surface area contributed by atoms with Crippen LogP contribution in [0.3, 0.4) is 0 Å². The normalized spacial score (nSPS) is 11.0. The van der Waals surface area contributed by atoms with E-state index in [1.165, 1.54) is 0 Å². The highest BCUT2D eigenvalue weighted by Crippen LogP contribution is 2.18. The summed E-state index contributed by atoms with van der Waals surface area (Å²) < 4.78 is 0. The highest BCUT2D eigenvalue weighted by Gasteiger charge is 2.24. The van der Waals surface area contributed by atoms with E-state index in [1.807, 2.05) is 12.2 Å². The van der Waals surface area contributed by atoms with Gasteiger partial charge in [0.2, 0.25) is 0 Å². The van der Waals surface area contributed by atoms with Crippen LogP contribution in [0.5, 0.6) is 0 Å². The number of carbonyl (C=O) groups is 1. The molecule has 0 saturated heterocycles. The van der Waals surface area contributed by atoms with Crippen LogP contribution in [0, 0.1) is 23.3 Å². The van der Waals surface area contributed by atoms with Gasteiger partial charge in [0.15, 0.2) is 0 Å². The second kappa shape index (κ2) is 11.3. The molecule has 0 aromatic rings. The summed E-state index contributed by atoms with van der Waals surface area (Å²) in [6.45, 7) is 6.53. The number of carbonyl (C=O) groups excluding carboxylic acids is 1. The van der Waals surface area contributed by atoms with E-state index in [0.717, 1.165) is 24.6 Å². The van der Waals surface area contributed by atoms with E-state index < -0.39 is 8.07 Å². The molecule has 0 aliphatic rings. The maximum Gasteiger partial charge on any atom is 0.278 e. The Hall–Kier alpha value is -1.58. The highest BCUT2D eigenvalue weighted by molar-refractivity contribution is 6.87. The molecule has 0 atom stereocenters. The van der Waals surface area contributed by atoms with Gasteiger partial charge in [0, 0.05) is 19.7 Å². The summed E-state index contributed by atoms with van der Waals surface area (Å²) in [6.07, 6.45) is 7.11. The highest BCUT2D eigenvalue weighted by atomic mass is 28.3. The number of rotatable bonds is 6. The third-order valence-corrected chi connectivity index (χ3v) is 8.20. The van der Waals surface area contributed by atoms with Gasteiger partial charge in [-0.3, -0.25) is 9.79 Å². The molecule has 0 radical (unpaired) electrons. The smallest absolute Gasteiger partial charge is 0.278 e. The van der Waals surface area contributed by atoms with Gasteiger partial charge in [-0.15, -0.1) is 5.54 Å². The Labute approximate surface area is 124 Å². The number of hydrogen-bond donors (Lipinski definition) is 0. The van der Waals surface area contributed by atoms with E-state index in [0.29, 0.717) is 6.42 Å². The third kappa shape index (κ3) is 7.76. The first-order valence-electron chi connectivity index (χ1n) is 7.27. The van der Waals surface area contributed by atoms with Crippen molar-refractivity contribution in [2.24, 2.45) is 4.99 Å². The number of aliphatic imine (C=N–C) groups is 1. The van der Waals surface area contributed by atoms with Gasteiger partial charge >= 0.3 is 0 Å². The molecule has 2 nitrogen and oxygen atoms in total. The number of allylic oxidation sites excluding steroid dienone is 2. The van der Waals surface area contributed by atoms with E-state index >= 15 is 0 Å². The molecule has 0 unspecified atom stereocenters. The van der Waals surface area contributed by atoms with Crippen molar-refractivity contribution in [1.82, 2.24) is 0 Å². The van der Waals surface area contributed by atoms with Crippen molar-refractivity contribution in [3.63, 3.8) is 0 Å². The van der Waals surface area contributed by atoms with Crippen LogP contribution in [-0.4, -0.2) is 27.1 Å². The molecule has 0 fully saturated rings. The van der Waals surface area contributed by atoms with E-state index in [4.69, 9.17) is 0 Å². The maximum absolute atomic E-state index is 11.6. The molecular formula is C17H25NOSi. The van der Waals surface area contributed by atoms with Crippen molar-refractivity contribution in [3.05, 3.63) is 12.2 Å². The Morgan fingerprint density at radius 3 is 2.35 bits per heavy atom. The van der Waals surface area contributed by atoms with Crippen LogP contribution in [0.15, 0.2) is 17.1 Å². The lowest BCUT2D eigenvalue weighted by atomic mass is 10.3. The minimum absolute atomic E-state index is 0.240. The average Bonchev–Trinajstić information content (AvgIpc) is 2.48. The predicted molar refractivity (Wildman–Crippen MR) is 90.5 cm³/mol. The molecule has 0 aromatic heterocycles. The van der Waals surface area contributed by atoms with Gasteiger partial charge in [0.25, 0.3) is 5.78 Å². The van der Waals surface area contributed by atoms with Crippen LogP contribution in [0.1, 0.15) is 33.6 Å². The summed E-state index contributed by atoms with van der Waals surface area (Å²) in [5.41, 5.74) is 3.26. The monoisotopic (exact) mass is 287 g/mol. The maximum atomic E-state index is 11.6. The summed E-state index contributed by atoms with van der Waals surface area (Å²) in [5, 5.41) is 0. The Balaban J connectivity index is 4.38. The molecule has 0 aliphatic carbocycles. The lowest BCUT2D eigenvalue weighted by Gasteiger charge is -2.19. The summed E-state index contributed by atoms with van der Waals surface area (Å²) in [5.74, 6) is 7.99. The van der Waals surface area contributed by atoms with Crippen LogP contribution < -0.4 is 0 Å². The van der Waals surface area contributed by atoms with Crippen LogP contribution in [0.25, 0.3) is 0 Å². The molecule has 20 heavy (non-hydrogen) atoms. The molecular weight excluding hydrogens is 262 g/mol. The van der Waals surface area contributed by atoms with Crippen molar-refractivity contribution < 1.29 is 4.79 Å². The van der Waals surface area contributed by atoms with E-state index in [1.54, 1.807) is 13.3 Å². The molecule has 0 aromatic carbocycles. The molecule has 108 valence electrons. The zero-order valence-electron chi connectivity index (χ0n) is 13.1. The van der Waals surface area contributed by atoms with Crippen molar-refractivity contribution in [1.29, 1.82) is 0 Å². The van der Waals surface area contributed by atoms with Gasteiger partial charge < -0.3 is 0 Å². The minimum atomic E-state index is -1.53. The minimum Gasteiger partial charge on any atom is -0.297 e. The van der Waals surface area contributed by atoms with Crippen molar-refractivity contribution in [2.75, 3.05) is 7.05 Å². The first-order valence-corrected chi connectivity index (χ1v) is 9.89. The van der Waals surface area contributed by atoms with Crippen molar-refractivity contribution in [3.8, 4) is 23.3 Å². The zero-order chi connectivity index (χ0) is 15.3. The fraction of sp³-hybridized carbons (Fsp3) is 0.529. The number of ketones is 1. The van der Waals surface area contributed by atoms with Crippen LogP contribution in [0.2, 0.25) is 18.1 Å². The molecule has 0 bridgehead atoms. The Morgan fingerprint density at radius 2 is 1.80 bits per heavy atom. The van der Waals surface area contributed by atoms with Crippen molar-refractivity contribution >= 4 is 20.1 Å². The van der Waals surface area contributed by atoms with Gasteiger partial charge in [-0.25, -0.2) is 0 Å². The molecule has 0 rings (SSSR count). The first kappa shape index (κ1) is 18.4. The molecule has 0 amide bonds. The standard InChI is InChI=1S/C17H25NOSi/c1-5-20(6-2,7-3)16-14-17(19)13-11-9-8-10-12-15-18-4/h10,12,15H,5-9H2,1-4H3/b12-10-,18-15-. The Bertz CT molecular complexity index is 456. The second-order valence-electron chi connectivity index (χ2n) is 4.60. The van der Waals surface area contributed by atoms with Crippen LogP contribution in [-0.2, 0) is 4.79 Å². The third-order valence-electron chi connectivity index (χ3n) is 3.48. The number of hydrogen-bond acceptors (Lipinski definition) is 2. The zero-order valence-corrected chi connectivity index (χ0v) is 14.1. The van der Waals surface area contributed by atoms with Crippen molar-refractivity contribution in [2.45, 2.75) is 51.7 Å². The molecule has 0 spiro atoms. The number of Topliss-reactive ketones (excluding diaryl/α,β-unsaturated/α-hetero) is 1. The van der Waals surface area contributed by atoms with Gasteiger partial charge in [-0.2, -0.15) is 0 Å². The largest absolute Gasteiger partial charge is 0.297 e. The van der Waals surface area contributed by atoms with Crippen LogP contribution >= 0.6 is 0 Å². The summed E-state index contributed by atoms with van der Waals surface area (Å²) in [6, 6.07) is 3.33. The average molecular weight is 287 g/mol. The SMILES string of the molecule is CC[Si](C#CC(=O)C#CCC/C=C\C=N/C)(CC)CC. The molecule has 0 saturated carbocycles. The lowest BCUT2D eigenvalue weighted by Crippen LogP contribution is -2.29. The van der Waals surface area contributed by atoms with Gasteiger partial charge in [-0.05, 0) is 42.5 Å². The first-order chi connectivity index (χ1) is 9.64. The second-order valence-corrected chi connectivity index (χ2v) is 9.53. The van der Waals surface area contributed by atoms with E-state index in [9.17, 15) is 4.79 Å². The predicted octanol–water partition coefficient (Wildman–Crippen LogP) is 3.65. The lowest BCUT2D eigenvalue weighted by molar-refractivity contribution is -0.108. The van der Waals surface area contributed by atoms with E-state index in [2.05, 4.69) is 49.1 Å².